The van der Waals surface area contributed by atoms with Crippen LogP contribution >= 0.6 is 10.7 Å². The van der Waals surface area contributed by atoms with Crippen LogP contribution < -0.4 is 9.08 Å². The minimum atomic E-state index is -4.34. The van der Waals surface area contributed by atoms with E-state index in [9.17, 15) is 55.9 Å². The van der Waals surface area contributed by atoms with E-state index in [1.807, 2.05) is 146 Å². The van der Waals surface area contributed by atoms with Crippen molar-refractivity contribution in [3.05, 3.63) is 263 Å². The summed E-state index contributed by atoms with van der Waals surface area (Å²) in [5.41, 5.74) is 7.25. The van der Waals surface area contributed by atoms with Crippen LogP contribution in [0.15, 0.2) is 218 Å². The number of aliphatic hydroxyl groups is 5. The molecule has 0 aliphatic carbocycles. The predicted octanol–water partition coefficient (Wildman–Crippen LogP) is 9.70. The molecule has 95 heavy (non-hydrogen) atoms. The number of aliphatic hydroxyl groups excluding tert-OH is 5. The van der Waals surface area contributed by atoms with Gasteiger partial charge in [-0.15, -0.1) is 0 Å². The number of ether oxygens (including phenoxy) is 6. The van der Waals surface area contributed by atoms with Crippen LogP contribution in [-0.2, 0) is 78.8 Å². The average Bonchev–Trinajstić information content (AvgIpc) is 0.750. The summed E-state index contributed by atoms with van der Waals surface area (Å²) in [5.74, 6) is -2.82. The molecule has 23 heteroatoms. The molecule has 5 N–H and O–H groups in total. The third-order valence-electron chi connectivity index (χ3n) is 16.7. The molecule has 8 aromatic carbocycles. The van der Waals surface area contributed by atoms with Crippen molar-refractivity contribution in [1.82, 2.24) is 0 Å². The van der Waals surface area contributed by atoms with E-state index in [4.69, 9.17) is 43.3 Å². The molecule has 3 unspecified atom stereocenters. The molecule has 13 atom stereocenters. The van der Waals surface area contributed by atoms with Crippen molar-refractivity contribution < 1.29 is 88.5 Å². The monoisotopic (exact) mass is 1360 g/mol. The van der Waals surface area contributed by atoms with Crippen LogP contribution in [0.5, 0.6) is 5.75 Å². The third kappa shape index (κ3) is 19.2. The lowest BCUT2D eigenvalue weighted by Crippen LogP contribution is -2.62. The molecule has 0 aromatic heterocycles. The SMILES string of the molecule is O=C1[C@H](CC[C@H](O)c2ccc(F)cc2)[C@@H](c2ccc(-c3ccc(OS(=O)(=O)CC4O[C@H](CO)[C@@H](O)[C@H](O)[C@H]4O)cc3)cc2)N1c1ccc(F)cc1.O=S(=O)(Cl)C[C@@H]1OC(COCc2ccccc2)[C@@H](OCc2ccccc2)[C@@H](OCc2ccccc2)C1OCc1ccccc1. The van der Waals surface area contributed by atoms with E-state index in [0.717, 1.165) is 38.9 Å². The Bertz CT molecular complexity index is 3920. The van der Waals surface area contributed by atoms with Gasteiger partial charge in [0.05, 0.1) is 63.5 Å². The number of anilines is 1. The maximum atomic E-state index is 13.7. The standard InChI is InChI=1S/C37H37F2NO10S.C35H37ClO7S/c38-25-9-5-23(6-10-25)30(42)18-17-29-33(40(37(29)46)27-13-11-26(39)12-14-27)24-3-1-21(2-4-24)22-7-15-28(16-8-22)50-51(47,48)20-32-35(44)36(45)34(43)31(19-41)49-32;36-44(37,38)26-32-34(41-23-29-17-9-3-10-18-29)35(42-24-30-19-11-4-12-20-30)33(40-22-28-15-7-2-8-16-28)31(43-32)25-39-21-27-13-5-1-6-14-27/h1-16,29-36,41-45H,17-20H2;1-20,31-35H,21-26H2/t29-,30+,31-,32?,33-,34-,35+,36+;31?,32-,33+,34?,35+/m10/s1. The van der Waals surface area contributed by atoms with E-state index in [1.54, 1.807) is 17.0 Å². The molecule has 11 rings (SSSR count). The summed E-state index contributed by atoms with van der Waals surface area (Å²) in [7, 11) is -2.49. The van der Waals surface area contributed by atoms with E-state index < -0.39 is 128 Å². The molecule has 3 heterocycles. The first-order chi connectivity index (χ1) is 45.8. The maximum absolute atomic E-state index is 13.7. The number of nitrogens with zero attached hydrogens (tertiary/aromatic N) is 1. The van der Waals surface area contributed by atoms with Crippen LogP contribution in [0.25, 0.3) is 11.1 Å². The fraction of sp³-hybridized carbons (Fsp3) is 0.319. The second kappa shape index (κ2) is 33.1. The van der Waals surface area contributed by atoms with Crippen LogP contribution in [0.2, 0.25) is 0 Å². The van der Waals surface area contributed by atoms with E-state index in [0.29, 0.717) is 30.9 Å². The largest absolute Gasteiger partial charge is 0.394 e. The van der Waals surface area contributed by atoms with Gasteiger partial charge in [-0.2, -0.15) is 8.42 Å². The number of benzene rings is 8. The maximum Gasteiger partial charge on any atom is 0.311 e. The van der Waals surface area contributed by atoms with Crippen molar-refractivity contribution >= 4 is 41.4 Å². The summed E-state index contributed by atoms with van der Waals surface area (Å²) in [4.78, 5) is 15.0. The van der Waals surface area contributed by atoms with Gasteiger partial charge in [-0.25, -0.2) is 17.2 Å². The summed E-state index contributed by atoms with van der Waals surface area (Å²) in [5, 5.41) is 50.2. The van der Waals surface area contributed by atoms with Gasteiger partial charge in [-0.1, -0.05) is 170 Å². The molecule has 18 nitrogen and oxygen atoms in total. The molecule has 0 radical (unpaired) electrons. The lowest BCUT2D eigenvalue weighted by atomic mass is 9.78. The summed E-state index contributed by atoms with van der Waals surface area (Å²) in [6.45, 7) is 0.579. The number of β-lactam (4-membered cyclic amide) rings is 1. The van der Waals surface area contributed by atoms with Crippen LogP contribution in [0, 0.1) is 17.6 Å². The topological polar surface area (TPSA) is 254 Å². The van der Waals surface area contributed by atoms with Crippen molar-refractivity contribution in [2.45, 2.75) is 112 Å². The lowest BCUT2D eigenvalue weighted by Gasteiger charge is -2.48. The molecule has 0 spiro atoms. The first kappa shape index (κ1) is 70.4. The number of halogens is 3. The summed E-state index contributed by atoms with van der Waals surface area (Å²) in [6.07, 6.45) is -11.8. The Balaban J connectivity index is 0.000000209. The number of hydrogen-bond donors (Lipinski definition) is 5. The molecule has 3 aliphatic heterocycles. The van der Waals surface area contributed by atoms with Crippen LogP contribution in [0.1, 0.15) is 58.4 Å². The van der Waals surface area contributed by atoms with Gasteiger partial charge in [-0.05, 0) is 106 Å². The van der Waals surface area contributed by atoms with Gasteiger partial charge in [0, 0.05) is 16.4 Å². The van der Waals surface area contributed by atoms with Crippen LogP contribution in [-0.4, -0.2) is 134 Å². The third-order valence-corrected chi connectivity index (χ3v) is 19.0. The minimum absolute atomic E-state index is 0.0199. The fourth-order valence-corrected chi connectivity index (χ4v) is 14.0. The number of carbonyl (C=O) groups is 1. The molecular weight excluding hydrogens is 1290 g/mol. The smallest absolute Gasteiger partial charge is 0.311 e. The second-order valence-electron chi connectivity index (χ2n) is 23.4. The Morgan fingerprint density at radius 2 is 0.968 bits per heavy atom. The van der Waals surface area contributed by atoms with Crippen LogP contribution in [0.3, 0.4) is 0 Å². The molecular formula is C72H74ClF2NO17S2. The molecule has 502 valence electrons. The van der Waals surface area contributed by atoms with Crippen LogP contribution in [0.4, 0.5) is 14.5 Å². The van der Waals surface area contributed by atoms with Gasteiger partial charge in [0.25, 0.3) is 0 Å². The van der Waals surface area contributed by atoms with Gasteiger partial charge in [0.1, 0.15) is 84.2 Å². The highest BCUT2D eigenvalue weighted by atomic mass is 35.7. The Hall–Kier alpha value is -7.36. The zero-order valence-electron chi connectivity index (χ0n) is 51.4. The predicted molar refractivity (Wildman–Crippen MR) is 350 cm³/mol. The summed E-state index contributed by atoms with van der Waals surface area (Å²) >= 11 is 0. The normalized spacial score (nSPS) is 24.0. The van der Waals surface area contributed by atoms with E-state index in [1.165, 1.54) is 60.7 Å². The Kier molecular flexibility index (Phi) is 24.5. The average molecular weight is 1360 g/mol. The summed E-state index contributed by atoms with van der Waals surface area (Å²) < 4.78 is 120. The highest BCUT2D eigenvalue weighted by Gasteiger charge is 2.51. The van der Waals surface area contributed by atoms with E-state index in [-0.39, 0.29) is 37.9 Å². The van der Waals surface area contributed by atoms with Crippen molar-refractivity contribution in [3.63, 3.8) is 0 Å². The number of hydrogen-bond acceptors (Lipinski definition) is 17. The zero-order valence-corrected chi connectivity index (χ0v) is 53.8. The first-order valence-electron chi connectivity index (χ1n) is 30.9. The minimum Gasteiger partial charge on any atom is -0.394 e. The van der Waals surface area contributed by atoms with E-state index in [2.05, 4.69) is 0 Å². The van der Waals surface area contributed by atoms with Gasteiger partial charge in [0.2, 0.25) is 15.0 Å². The van der Waals surface area contributed by atoms with Gasteiger partial charge >= 0.3 is 10.1 Å². The van der Waals surface area contributed by atoms with Crippen molar-refractivity contribution in [2.75, 3.05) is 29.6 Å². The van der Waals surface area contributed by atoms with Gasteiger partial charge in [-0.3, -0.25) is 4.79 Å². The van der Waals surface area contributed by atoms with Crippen molar-refractivity contribution in [3.8, 4) is 16.9 Å². The van der Waals surface area contributed by atoms with Gasteiger partial charge in [0.15, 0.2) is 0 Å². The fourth-order valence-electron chi connectivity index (χ4n) is 11.8. The number of amides is 1. The Morgan fingerprint density at radius 1 is 0.516 bits per heavy atom. The molecule has 0 saturated carbocycles. The van der Waals surface area contributed by atoms with E-state index >= 15 is 0 Å². The highest BCUT2D eigenvalue weighted by molar-refractivity contribution is 8.13. The van der Waals surface area contributed by atoms with Gasteiger partial charge < -0.3 is 63.0 Å². The molecule has 0 bridgehead atoms. The highest BCUT2D eigenvalue weighted by Crippen LogP contribution is 2.47. The number of rotatable bonds is 27. The number of carbonyl (C=O) groups excluding carboxylic acids is 1. The lowest BCUT2D eigenvalue weighted by molar-refractivity contribution is -0.268. The van der Waals surface area contributed by atoms with Crippen molar-refractivity contribution in [2.24, 2.45) is 5.92 Å². The second-order valence-corrected chi connectivity index (χ2v) is 27.8. The Labute approximate surface area is 555 Å². The summed E-state index contributed by atoms with van der Waals surface area (Å²) in [6, 6.07) is 63.4. The zero-order chi connectivity index (χ0) is 67.1. The molecule has 1 amide bonds. The molecule has 3 saturated heterocycles. The first-order valence-corrected chi connectivity index (χ1v) is 35.0. The van der Waals surface area contributed by atoms with Crippen molar-refractivity contribution in [1.29, 1.82) is 0 Å². The molecule has 3 aliphatic rings. The quantitative estimate of drug-likeness (QED) is 0.0182. The molecule has 8 aromatic rings. The Morgan fingerprint density at radius 3 is 1.47 bits per heavy atom. The molecule has 3 fully saturated rings.